The third-order valence-corrected chi connectivity index (χ3v) is 5.28. The van der Waals surface area contributed by atoms with E-state index in [9.17, 15) is 9.90 Å². The van der Waals surface area contributed by atoms with Gasteiger partial charge in [-0.25, -0.2) is 4.79 Å². The van der Waals surface area contributed by atoms with Gasteiger partial charge in [-0.15, -0.1) is 23.5 Å². The highest BCUT2D eigenvalue weighted by Gasteiger charge is 2.33. The van der Waals surface area contributed by atoms with Crippen molar-refractivity contribution in [3.05, 3.63) is 0 Å². The van der Waals surface area contributed by atoms with Crippen LogP contribution in [0.15, 0.2) is 0 Å². The van der Waals surface area contributed by atoms with Crippen LogP contribution in [0.3, 0.4) is 0 Å². The van der Waals surface area contributed by atoms with Crippen molar-refractivity contribution in [1.29, 1.82) is 0 Å². The molecule has 15 heavy (non-hydrogen) atoms. The van der Waals surface area contributed by atoms with Crippen LogP contribution in [0.25, 0.3) is 0 Å². The highest BCUT2D eigenvalue weighted by molar-refractivity contribution is 8.19. The molecule has 0 saturated carbocycles. The van der Waals surface area contributed by atoms with Crippen molar-refractivity contribution in [1.82, 2.24) is 0 Å². The molecule has 0 fully saturated rings. The van der Waals surface area contributed by atoms with Crippen LogP contribution in [0.1, 0.15) is 46.5 Å². The van der Waals surface area contributed by atoms with Gasteiger partial charge in [0.25, 0.3) is 0 Å². The van der Waals surface area contributed by atoms with Gasteiger partial charge in [0.05, 0.1) is 0 Å². The maximum Gasteiger partial charge on any atom is 0.329 e. The van der Waals surface area contributed by atoms with Gasteiger partial charge in [0, 0.05) is 0 Å². The van der Waals surface area contributed by atoms with E-state index in [2.05, 4.69) is 13.8 Å². The van der Waals surface area contributed by atoms with Crippen molar-refractivity contribution < 1.29 is 9.90 Å². The lowest BCUT2D eigenvalue weighted by Crippen LogP contribution is -2.28. The van der Waals surface area contributed by atoms with Gasteiger partial charge in [-0.1, -0.05) is 26.7 Å². The Hall–Kier alpha value is 0.170. The van der Waals surface area contributed by atoms with Crippen LogP contribution in [-0.2, 0) is 4.79 Å². The first-order valence-corrected chi connectivity index (χ1v) is 7.55. The molecule has 0 unspecified atom stereocenters. The molecule has 0 rings (SSSR count). The second-order valence-electron chi connectivity index (χ2n) is 3.65. The van der Waals surface area contributed by atoms with Gasteiger partial charge in [0.15, 0.2) is 4.08 Å². The van der Waals surface area contributed by atoms with Crippen LogP contribution in [0.5, 0.6) is 0 Å². The minimum atomic E-state index is -0.690. The summed E-state index contributed by atoms with van der Waals surface area (Å²) in [6.45, 7) is 6.09. The quantitative estimate of drug-likeness (QED) is 0.498. The average Bonchev–Trinajstić information content (AvgIpc) is 2.18. The van der Waals surface area contributed by atoms with Crippen LogP contribution < -0.4 is 0 Å². The van der Waals surface area contributed by atoms with E-state index in [1.54, 1.807) is 23.5 Å². The Morgan fingerprint density at radius 1 is 1.13 bits per heavy atom. The Morgan fingerprint density at radius 2 is 1.53 bits per heavy atom. The predicted octanol–water partition coefficient (Wildman–Crippen LogP) is 3.85. The zero-order valence-electron chi connectivity index (χ0n) is 9.91. The lowest BCUT2D eigenvalue weighted by molar-refractivity contribution is -0.136. The molecular weight excluding hydrogens is 228 g/mol. The zero-order chi connectivity index (χ0) is 11.7. The molecule has 2 nitrogen and oxygen atoms in total. The topological polar surface area (TPSA) is 37.3 Å². The first-order chi connectivity index (χ1) is 7.06. The summed E-state index contributed by atoms with van der Waals surface area (Å²) in [6, 6.07) is 0. The molecule has 0 aromatic carbocycles. The summed E-state index contributed by atoms with van der Waals surface area (Å²) >= 11 is 3.14. The van der Waals surface area contributed by atoms with Gasteiger partial charge >= 0.3 is 5.97 Å². The molecule has 0 heterocycles. The molecule has 90 valence electrons. The smallest absolute Gasteiger partial charge is 0.329 e. The van der Waals surface area contributed by atoms with Crippen molar-refractivity contribution in [2.45, 2.75) is 50.5 Å². The molecule has 0 aliphatic carbocycles. The summed E-state index contributed by atoms with van der Waals surface area (Å²) in [5.74, 6) is 1.20. The Kier molecular flexibility index (Phi) is 8.43. The van der Waals surface area contributed by atoms with Gasteiger partial charge in [0.1, 0.15) is 0 Å². The fourth-order valence-corrected chi connectivity index (χ4v) is 3.71. The van der Waals surface area contributed by atoms with Crippen molar-refractivity contribution in [3.63, 3.8) is 0 Å². The van der Waals surface area contributed by atoms with Crippen LogP contribution >= 0.6 is 23.5 Å². The zero-order valence-corrected chi connectivity index (χ0v) is 11.5. The number of unbranched alkanes of at least 4 members (excludes halogenated alkanes) is 2. The average molecular weight is 250 g/mol. The van der Waals surface area contributed by atoms with E-state index in [0.717, 1.165) is 37.2 Å². The first-order valence-electron chi connectivity index (χ1n) is 5.58. The summed E-state index contributed by atoms with van der Waals surface area (Å²) in [5.41, 5.74) is 0. The summed E-state index contributed by atoms with van der Waals surface area (Å²) in [7, 11) is 0. The molecular formula is C11H22O2S2. The Bertz CT molecular complexity index is 173. The Morgan fingerprint density at radius 3 is 1.80 bits per heavy atom. The summed E-state index contributed by atoms with van der Waals surface area (Å²) in [6.07, 6.45) is 4.45. The predicted molar refractivity (Wildman–Crippen MR) is 70.8 cm³/mol. The van der Waals surface area contributed by atoms with Crippen LogP contribution in [-0.4, -0.2) is 26.7 Å². The second kappa shape index (κ2) is 8.34. The number of carboxylic acids is 1. The minimum Gasteiger partial charge on any atom is -0.480 e. The number of thioether (sulfide) groups is 2. The molecule has 0 atom stereocenters. The number of hydrogen-bond donors (Lipinski definition) is 1. The number of carbonyl (C=O) groups is 1. The molecule has 0 aliphatic rings. The first kappa shape index (κ1) is 15.2. The molecule has 0 spiro atoms. The maximum absolute atomic E-state index is 11.2. The van der Waals surface area contributed by atoms with Gasteiger partial charge in [-0.3, -0.25) is 0 Å². The summed E-state index contributed by atoms with van der Waals surface area (Å²) < 4.78 is -0.648. The fraction of sp³-hybridized carbons (Fsp3) is 0.909. The minimum absolute atomic E-state index is 0.648. The number of hydrogen-bond acceptors (Lipinski definition) is 3. The van der Waals surface area contributed by atoms with E-state index in [4.69, 9.17) is 0 Å². The Balaban J connectivity index is 4.01. The lowest BCUT2D eigenvalue weighted by atomic mass is 10.4. The molecule has 0 saturated heterocycles. The van der Waals surface area contributed by atoms with E-state index in [-0.39, 0.29) is 0 Å². The van der Waals surface area contributed by atoms with E-state index in [1.165, 1.54) is 0 Å². The highest BCUT2D eigenvalue weighted by Crippen LogP contribution is 2.38. The van der Waals surface area contributed by atoms with E-state index in [0.29, 0.717) is 0 Å². The summed E-state index contributed by atoms with van der Waals surface area (Å²) in [5, 5.41) is 9.19. The molecule has 0 amide bonds. The van der Waals surface area contributed by atoms with Gasteiger partial charge in [-0.05, 0) is 31.3 Å². The molecule has 0 bridgehead atoms. The van der Waals surface area contributed by atoms with Crippen LogP contribution in [0.4, 0.5) is 0 Å². The number of rotatable bonds is 9. The van der Waals surface area contributed by atoms with E-state index >= 15 is 0 Å². The largest absolute Gasteiger partial charge is 0.480 e. The highest BCUT2D eigenvalue weighted by atomic mass is 32.2. The maximum atomic E-state index is 11.2. The molecule has 0 aromatic rings. The third-order valence-electron chi connectivity index (χ3n) is 2.14. The van der Waals surface area contributed by atoms with Crippen molar-refractivity contribution in [2.75, 3.05) is 11.5 Å². The molecule has 0 aromatic heterocycles. The molecule has 1 N–H and O–H groups in total. The fourth-order valence-electron chi connectivity index (χ4n) is 0.988. The SMILES string of the molecule is CCCCSC(C)(SCCCC)C(=O)O. The van der Waals surface area contributed by atoms with Crippen molar-refractivity contribution in [2.24, 2.45) is 0 Å². The van der Waals surface area contributed by atoms with E-state index in [1.807, 2.05) is 6.92 Å². The van der Waals surface area contributed by atoms with Crippen molar-refractivity contribution in [3.8, 4) is 0 Å². The molecule has 0 radical (unpaired) electrons. The number of aliphatic carboxylic acids is 1. The standard InChI is InChI=1S/C11H22O2S2/c1-4-6-8-14-11(3,10(12)13)15-9-7-5-2/h4-9H2,1-3H3,(H,12,13). The van der Waals surface area contributed by atoms with Gasteiger partial charge in [0.2, 0.25) is 0 Å². The van der Waals surface area contributed by atoms with E-state index < -0.39 is 10.0 Å². The summed E-state index contributed by atoms with van der Waals surface area (Å²) in [4.78, 5) is 11.2. The third kappa shape index (κ3) is 6.36. The molecule has 0 aliphatic heterocycles. The Labute approximate surface area is 102 Å². The lowest BCUT2D eigenvalue weighted by Gasteiger charge is -2.23. The second-order valence-corrected chi connectivity index (χ2v) is 6.94. The monoisotopic (exact) mass is 250 g/mol. The van der Waals surface area contributed by atoms with Gasteiger partial charge < -0.3 is 5.11 Å². The number of carboxylic acid groups (broad SMARTS) is 1. The molecule has 4 heteroatoms. The van der Waals surface area contributed by atoms with Crippen LogP contribution in [0, 0.1) is 0 Å². The van der Waals surface area contributed by atoms with Crippen LogP contribution in [0.2, 0.25) is 0 Å². The van der Waals surface area contributed by atoms with Crippen molar-refractivity contribution >= 4 is 29.5 Å². The van der Waals surface area contributed by atoms with Gasteiger partial charge in [-0.2, -0.15) is 0 Å². The normalized spacial score (nSPS) is 11.7.